The van der Waals surface area contributed by atoms with Crippen LogP contribution < -0.4 is 10.2 Å². The van der Waals surface area contributed by atoms with Gasteiger partial charge in [0.1, 0.15) is 0 Å². The monoisotopic (exact) mass is 460 g/mol. The Morgan fingerprint density at radius 3 is 2.75 bits per heavy atom. The zero-order valence-electron chi connectivity index (χ0n) is 17.2. The maximum atomic E-state index is 12.7. The quantitative estimate of drug-likeness (QED) is 0.337. The lowest BCUT2D eigenvalue weighted by Gasteiger charge is -2.16. The molecule has 32 heavy (non-hydrogen) atoms. The third kappa shape index (κ3) is 4.37. The molecule has 0 fully saturated rings. The molecule has 4 aromatic rings. The van der Waals surface area contributed by atoms with Gasteiger partial charge >= 0.3 is 0 Å². The number of benzene rings is 3. The van der Waals surface area contributed by atoms with Crippen LogP contribution in [0.4, 0.5) is 10.8 Å². The second-order valence-corrected chi connectivity index (χ2v) is 9.65. The fourth-order valence-electron chi connectivity index (χ4n) is 3.90. The van der Waals surface area contributed by atoms with Crippen molar-refractivity contribution in [3.63, 3.8) is 0 Å². The molecule has 0 saturated heterocycles. The molecule has 8 heteroatoms. The third-order valence-electron chi connectivity index (χ3n) is 5.39. The number of hydrogen-bond donors (Lipinski definition) is 1. The van der Waals surface area contributed by atoms with Gasteiger partial charge in [-0.2, -0.15) is 0 Å². The summed E-state index contributed by atoms with van der Waals surface area (Å²) in [5, 5.41) is 13.6. The largest absolute Gasteiger partial charge is 0.311 e. The summed E-state index contributed by atoms with van der Waals surface area (Å²) < 4.78 is 0.659. The van der Waals surface area contributed by atoms with Gasteiger partial charge in [-0.15, -0.1) is 10.2 Å². The van der Waals surface area contributed by atoms with Crippen LogP contribution in [0.5, 0.6) is 0 Å². The molecule has 0 atom stereocenters. The summed E-state index contributed by atoms with van der Waals surface area (Å²) in [6.45, 7) is 0.713. The molecule has 2 amide bonds. The van der Waals surface area contributed by atoms with E-state index in [2.05, 4.69) is 21.6 Å². The van der Waals surface area contributed by atoms with E-state index >= 15 is 0 Å². The van der Waals surface area contributed by atoms with Crippen molar-refractivity contribution >= 4 is 56.5 Å². The number of nitrogens with one attached hydrogen (secondary N) is 1. The van der Waals surface area contributed by atoms with Crippen molar-refractivity contribution in [3.8, 4) is 0 Å². The van der Waals surface area contributed by atoms with E-state index in [4.69, 9.17) is 0 Å². The molecule has 0 saturated carbocycles. The Kier molecular flexibility index (Phi) is 5.87. The maximum Gasteiger partial charge on any atom is 0.237 e. The zero-order chi connectivity index (χ0) is 21.9. The highest BCUT2D eigenvalue weighted by molar-refractivity contribution is 8.01. The van der Waals surface area contributed by atoms with Crippen molar-refractivity contribution in [1.29, 1.82) is 0 Å². The van der Waals surface area contributed by atoms with E-state index in [1.807, 2.05) is 65.6 Å². The number of carbonyl (C=O) groups excluding carboxylic acids is 2. The highest BCUT2D eigenvalue weighted by Gasteiger charge is 2.24. The van der Waals surface area contributed by atoms with Crippen LogP contribution >= 0.6 is 23.1 Å². The van der Waals surface area contributed by atoms with Crippen LogP contribution in [-0.2, 0) is 22.4 Å². The van der Waals surface area contributed by atoms with Crippen LogP contribution in [0, 0.1) is 0 Å². The minimum absolute atomic E-state index is 0.0525. The fourth-order valence-corrected chi connectivity index (χ4v) is 5.54. The van der Waals surface area contributed by atoms with Gasteiger partial charge in [0.15, 0.2) is 4.34 Å². The molecule has 6 nitrogen and oxygen atoms in total. The second kappa shape index (κ2) is 9.10. The lowest BCUT2D eigenvalue weighted by molar-refractivity contribution is -0.116. The molecule has 1 aliphatic rings. The summed E-state index contributed by atoms with van der Waals surface area (Å²) in [5.41, 5.74) is 3.17. The first-order valence-corrected chi connectivity index (χ1v) is 12.1. The fraction of sp³-hybridized carbons (Fsp3) is 0.167. The number of thioether (sulfide) groups is 1. The Bertz CT molecular complexity index is 1300. The Labute approximate surface area is 193 Å². The molecule has 160 valence electrons. The van der Waals surface area contributed by atoms with E-state index in [1.54, 1.807) is 0 Å². The minimum Gasteiger partial charge on any atom is -0.311 e. The molecule has 0 radical (unpaired) electrons. The Morgan fingerprint density at radius 1 is 1.00 bits per heavy atom. The van der Waals surface area contributed by atoms with E-state index < -0.39 is 0 Å². The van der Waals surface area contributed by atoms with Gasteiger partial charge in [-0.25, -0.2) is 0 Å². The Hall–Kier alpha value is -3.23. The molecule has 0 spiro atoms. The Balaban J connectivity index is 1.17. The average Bonchev–Trinajstić information content (AvgIpc) is 3.44. The normalized spacial score (nSPS) is 12.7. The number of fused-ring (bicyclic) bond motifs is 2. The van der Waals surface area contributed by atoms with Gasteiger partial charge in [0.2, 0.25) is 16.9 Å². The van der Waals surface area contributed by atoms with Crippen molar-refractivity contribution in [2.45, 2.75) is 17.2 Å². The van der Waals surface area contributed by atoms with Crippen LogP contribution in [0.1, 0.15) is 11.1 Å². The molecular formula is C24H20N4O2S2. The number of rotatable bonds is 6. The lowest BCUT2D eigenvalue weighted by Crippen LogP contribution is -2.30. The maximum absolute atomic E-state index is 12.7. The summed E-state index contributed by atoms with van der Waals surface area (Å²) in [5.74, 6) is 0.197. The summed E-state index contributed by atoms with van der Waals surface area (Å²) in [6, 6.07) is 22.0. The molecule has 5 rings (SSSR count). The van der Waals surface area contributed by atoms with Crippen molar-refractivity contribution < 1.29 is 9.59 Å². The van der Waals surface area contributed by atoms with Crippen molar-refractivity contribution in [1.82, 2.24) is 10.2 Å². The van der Waals surface area contributed by atoms with E-state index in [0.717, 1.165) is 28.4 Å². The van der Waals surface area contributed by atoms with E-state index in [0.29, 0.717) is 16.0 Å². The molecule has 1 aliphatic heterocycles. The summed E-state index contributed by atoms with van der Waals surface area (Å²) >= 11 is 2.63. The van der Waals surface area contributed by atoms with Crippen molar-refractivity contribution in [2.75, 3.05) is 22.5 Å². The summed E-state index contributed by atoms with van der Waals surface area (Å²) in [6.07, 6.45) is 1.15. The number of anilines is 2. The summed E-state index contributed by atoms with van der Waals surface area (Å²) in [7, 11) is 0. The highest BCUT2D eigenvalue weighted by atomic mass is 32.2. The number of hydrogen-bond acceptors (Lipinski definition) is 6. The van der Waals surface area contributed by atoms with Crippen LogP contribution in [0.3, 0.4) is 0 Å². The predicted molar refractivity (Wildman–Crippen MR) is 129 cm³/mol. The van der Waals surface area contributed by atoms with Crippen molar-refractivity contribution in [2.24, 2.45) is 0 Å². The van der Waals surface area contributed by atoms with Crippen LogP contribution in [-0.4, -0.2) is 34.3 Å². The highest BCUT2D eigenvalue weighted by Crippen LogP contribution is 2.30. The van der Waals surface area contributed by atoms with Crippen molar-refractivity contribution in [3.05, 3.63) is 77.9 Å². The second-order valence-electron chi connectivity index (χ2n) is 7.45. The number of nitrogens with zero attached hydrogens (tertiary/aromatic N) is 3. The predicted octanol–water partition coefficient (Wildman–Crippen LogP) is 4.55. The van der Waals surface area contributed by atoms with Gasteiger partial charge in [-0.1, -0.05) is 83.8 Å². The van der Waals surface area contributed by atoms with Gasteiger partial charge in [-0.05, 0) is 34.4 Å². The van der Waals surface area contributed by atoms with Crippen LogP contribution in [0.25, 0.3) is 10.8 Å². The molecule has 2 heterocycles. The average molecular weight is 461 g/mol. The first-order chi connectivity index (χ1) is 15.7. The number of aromatic nitrogens is 2. The van der Waals surface area contributed by atoms with Gasteiger partial charge in [-0.3, -0.25) is 9.59 Å². The summed E-state index contributed by atoms with van der Waals surface area (Å²) in [4.78, 5) is 27.0. The molecular weight excluding hydrogens is 440 g/mol. The molecule has 0 aliphatic carbocycles. The smallest absolute Gasteiger partial charge is 0.237 e. The van der Waals surface area contributed by atoms with Crippen LogP contribution in [0.15, 0.2) is 71.1 Å². The zero-order valence-corrected chi connectivity index (χ0v) is 18.8. The lowest BCUT2D eigenvalue weighted by atomic mass is 10.0. The standard InChI is InChI=1S/C24H20N4O2S2/c29-21(14-18-9-5-8-16-6-1-3-10-19(16)18)25-23-26-27-24(32-23)31-15-22(30)28-13-12-17-7-2-4-11-20(17)28/h1-11H,12-15H2,(H,25,26,29). The number of carbonyl (C=O) groups is 2. The molecule has 0 unspecified atom stereocenters. The van der Waals surface area contributed by atoms with Crippen LogP contribution in [0.2, 0.25) is 0 Å². The molecule has 1 N–H and O–H groups in total. The third-order valence-corrected chi connectivity index (χ3v) is 7.35. The SMILES string of the molecule is O=C(Cc1cccc2ccccc12)Nc1nnc(SCC(=O)N2CCc3ccccc32)s1. The van der Waals surface area contributed by atoms with Gasteiger partial charge < -0.3 is 10.2 Å². The first kappa shape index (κ1) is 20.7. The van der Waals surface area contributed by atoms with E-state index in [9.17, 15) is 9.59 Å². The minimum atomic E-state index is -0.140. The van der Waals surface area contributed by atoms with Gasteiger partial charge in [0.05, 0.1) is 12.2 Å². The topological polar surface area (TPSA) is 75.2 Å². The van der Waals surface area contributed by atoms with Gasteiger partial charge in [0, 0.05) is 12.2 Å². The first-order valence-electron chi connectivity index (χ1n) is 10.3. The molecule has 1 aromatic heterocycles. The molecule has 3 aromatic carbocycles. The van der Waals surface area contributed by atoms with Gasteiger partial charge in [0.25, 0.3) is 0 Å². The number of para-hydroxylation sites is 1. The van der Waals surface area contributed by atoms with E-state index in [-0.39, 0.29) is 24.0 Å². The molecule has 0 bridgehead atoms. The van der Waals surface area contributed by atoms with E-state index in [1.165, 1.54) is 28.7 Å². The number of amides is 2. The Morgan fingerprint density at radius 2 is 1.81 bits per heavy atom.